The number of hydrogen-bond donors (Lipinski definition) is 2. The number of rotatable bonds is 7. The Labute approximate surface area is 147 Å². The van der Waals surface area contributed by atoms with Crippen LogP contribution in [0.5, 0.6) is 5.75 Å². The average Bonchev–Trinajstić information content (AvgIpc) is 2.56. The molecule has 0 saturated carbocycles. The molecule has 0 fully saturated rings. The van der Waals surface area contributed by atoms with Gasteiger partial charge in [0.2, 0.25) is 5.91 Å². The molecule has 0 saturated heterocycles. The van der Waals surface area contributed by atoms with Crippen molar-refractivity contribution in [1.82, 2.24) is 5.32 Å². The van der Waals surface area contributed by atoms with Gasteiger partial charge >= 0.3 is 0 Å². The lowest BCUT2D eigenvalue weighted by Crippen LogP contribution is -2.39. The highest BCUT2D eigenvalue weighted by molar-refractivity contribution is 6.30. The maximum atomic E-state index is 12.1. The van der Waals surface area contributed by atoms with Gasteiger partial charge in [0.1, 0.15) is 11.4 Å². The van der Waals surface area contributed by atoms with Gasteiger partial charge in [0, 0.05) is 5.02 Å². The van der Waals surface area contributed by atoms with Crippen LogP contribution in [0.15, 0.2) is 48.5 Å². The van der Waals surface area contributed by atoms with E-state index in [1.54, 1.807) is 31.2 Å². The zero-order valence-corrected chi connectivity index (χ0v) is 14.6. The summed E-state index contributed by atoms with van der Waals surface area (Å²) in [6, 6.07) is 14.3. The van der Waals surface area contributed by atoms with Crippen LogP contribution in [0, 0.1) is 0 Å². The van der Waals surface area contributed by atoms with E-state index in [4.69, 9.17) is 16.3 Å². The molecule has 128 valence electrons. The van der Waals surface area contributed by atoms with E-state index in [0.717, 1.165) is 11.3 Å². The van der Waals surface area contributed by atoms with Crippen molar-refractivity contribution in [3.05, 3.63) is 64.7 Å². The number of benzene rings is 2. The first-order valence-corrected chi connectivity index (χ1v) is 8.25. The van der Waals surface area contributed by atoms with Crippen LogP contribution in [-0.4, -0.2) is 24.2 Å². The third-order valence-corrected chi connectivity index (χ3v) is 3.95. The Hall–Kier alpha value is -2.04. The van der Waals surface area contributed by atoms with Crippen molar-refractivity contribution in [2.45, 2.75) is 25.9 Å². The molecular formula is C19H22ClNO3. The Kier molecular flexibility index (Phi) is 6.23. The van der Waals surface area contributed by atoms with Gasteiger partial charge in [-0.1, -0.05) is 35.9 Å². The lowest BCUT2D eigenvalue weighted by Gasteiger charge is -2.24. The van der Waals surface area contributed by atoms with E-state index in [0.29, 0.717) is 17.2 Å². The van der Waals surface area contributed by atoms with Crippen LogP contribution in [-0.2, 0) is 16.8 Å². The van der Waals surface area contributed by atoms with E-state index in [-0.39, 0.29) is 18.9 Å². The highest BCUT2D eigenvalue weighted by Gasteiger charge is 2.23. The van der Waals surface area contributed by atoms with Gasteiger partial charge in [-0.2, -0.15) is 0 Å². The standard InChI is InChI=1S/C19H22ClNO3/c1-3-24-17-10-4-14(5-11-17)12-18(22)21-13-19(2,23)15-6-8-16(20)9-7-15/h4-11,23H,3,12-13H2,1-2H3,(H,21,22). The van der Waals surface area contributed by atoms with Crippen molar-refractivity contribution in [1.29, 1.82) is 0 Å². The van der Waals surface area contributed by atoms with Crippen LogP contribution in [0.3, 0.4) is 0 Å². The molecule has 0 aromatic heterocycles. The smallest absolute Gasteiger partial charge is 0.224 e. The Balaban J connectivity index is 1.88. The van der Waals surface area contributed by atoms with Crippen LogP contribution in [0.25, 0.3) is 0 Å². The normalized spacial score (nSPS) is 13.2. The fourth-order valence-electron chi connectivity index (χ4n) is 2.30. The number of amides is 1. The Morgan fingerprint density at radius 1 is 1.17 bits per heavy atom. The van der Waals surface area contributed by atoms with Gasteiger partial charge in [-0.25, -0.2) is 0 Å². The molecule has 4 nitrogen and oxygen atoms in total. The van der Waals surface area contributed by atoms with Crippen molar-refractivity contribution in [3.63, 3.8) is 0 Å². The van der Waals surface area contributed by atoms with Crippen molar-refractivity contribution in [2.75, 3.05) is 13.2 Å². The summed E-state index contributed by atoms with van der Waals surface area (Å²) in [5.41, 5.74) is 0.439. The summed E-state index contributed by atoms with van der Waals surface area (Å²) in [6.07, 6.45) is 0.253. The van der Waals surface area contributed by atoms with Gasteiger partial charge in [0.15, 0.2) is 0 Å². The summed E-state index contributed by atoms with van der Waals surface area (Å²) in [5.74, 6) is 0.640. The van der Waals surface area contributed by atoms with Crippen molar-refractivity contribution in [3.8, 4) is 5.75 Å². The average molecular weight is 348 g/mol. The fourth-order valence-corrected chi connectivity index (χ4v) is 2.43. The van der Waals surface area contributed by atoms with Gasteiger partial charge in [-0.15, -0.1) is 0 Å². The quantitative estimate of drug-likeness (QED) is 0.808. The molecule has 0 spiro atoms. The van der Waals surface area contributed by atoms with Crippen LogP contribution < -0.4 is 10.1 Å². The van der Waals surface area contributed by atoms with E-state index in [9.17, 15) is 9.90 Å². The second-order valence-corrected chi connectivity index (χ2v) is 6.25. The molecule has 0 aliphatic carbocycles. The van der Waals surface area contributed by atoms with Crippen LogP contribution in [0.2, 0.25) is 5.02 Å². The molecule has 0 radical (unpaired) electrons. The maximum Gasteiger partial charge on any atom is 0.224 e. The molecule has 24 heavy (non-hydrogen) atoms. The van der Waals surface area contributed by atoms with E-state index in [2.05, 4.69) is 5.32 Å². The van der Waals surface area contributed by atoms with Crippen molar-refractivity contribution in [2.24, 2.45) is 0 Å². The third kappa shape index (κ3) is 5.25. The van der Waals surface area contributed by atoms with E-state index in [1.807, 2.05) is 31.2 Å². The minimum absolute atomic E-state index is 0.129. The number of carbonyl (C=O) groups is 1. The molecule has 1 amide bonds. The Morgan fingerprint density at radius 2 is 1.79 bits per heavy atom. The van der Waals surface area contributed by atoms with Gasteiger partial charge in [0.05, 0.1) is 19.6 Å². The molecule has 2 N–H and O–H groups in total. The van der Waals surface area contributed by atoms with E-state index < -0.39 is 5.60 Å². The van der Waals surface area contributed by atoms with Crippen LogP contribution in [0.4, 0.5) is 0 Å². The lowest BCUT2D eigenvalue weighted by molar-refractivity contribution is -0.121. The molecule has 2 aromatic rings. The van der Waals surface area contributed by atoms with Gasteiger partial charge < -0.3 is 15.2 Å². The minimum Gasteiger partial charge on any atom is -0.494 e. The SMILES string of the molecule is CCOc1ccc(CC(=O)NCC(C)(O)c2ccc(Cl)cc2)cc1. The number of carbonyl (C=O) groups excluding carboxylic acids is 1. The number of nitrogens with one attached hydrogen (secondary N) is 1. The molecule has 2 aromatic carbocycles. The topological polar surface area (TPSA) is 58.6 Å². The minimum atomic E-state index is -1.15. The van der Waals surface area contributed by atoms with E-state index >= 15 is 0 Å². The molecular weight excluding hydrogens is 326 g/mol. The van der Waals surface area contributed by atoms with E-state index in [1.165, 1.54) is 0 Å². The molecule has 0 heterocycles. The Morgan fingerprint density at radius 3 is 2.38 bits per heavy atom. The zero-order valence-electron chi connectivity index (χ0n) is 13.9. The molecule has 0 aliphatic rings. The number of hydrogen-bond acceptors (Lipinski definition) is 3. The zero-order chi connectivity index (χ0) is 17.6. The largest absolute Gasteiger partial charge is 0.494 e. The summed E-state index contributed by atoms with van der Waals surface area (Å²) < 4.78 is 5.37. The maximum absolute atomic E-state index is 12.1. The molecule has 2 rings (SSSR count). The number of aliphatic hydroxyl groups is 1. The summed E-state index contributed by atoms with van der Waals surface area (Å²) in [4.78, 5) is 12.1. The number of ether oxygens (including phenoxy) is 1. The molecule has 0 bridgehead atoms. The highest BCUT2D eigenvalue weighted by atomic mass is 35.5. The first-order chi connectivity index (χ1) is 11.4. The lowest BCUT2D eigenvalue weighted by atomic mass is 9.96. The van der Waals surface area contributed by atoms with Crippen molar-refractivity contribution >= 4 is 17.5 Å². The molecule has 1 atom stereocenters. The first kappa shape index (κ1) is 18.3. The van der Waals surface area contributed by atoms with Crippen LogP contribution >= 0.6 is 11.6 Å². The van der Waals surface area contributed by atoms with Crippen LogP contribution in [0.1, 0.15) is 25.0 Å². The number of halogens is 1. The second-order valence-electron chi connectivity index (χ2n) is 5.81. The first-order valence-electron chi connectivity index (χ1n) is 7.87. The summed E-state index contributed by atoms with van der Waals surface area (Å²) >= 11 is 5.85. The molecule has 5 heteroatoms. The monoisotopic (exact) mass is 347 g/mol. The summed E-state index contributed by atoms with van der Waals surface area (Å²) in [7, 11) is 0. The Bertz CT molecular complexity index is 666. The highest BCUT2D eigenvalue weighted by Crippen LogP contribution is 2.21. The summed E-state index contributed by atoms with van der Waals surface area (Å²) in [5, 5.41) is 13.9. The molecule has 0 aliphatic heterocycles. The molecule has 1 unspecified atom stereocenters. The van der Waals surface area contributed by atoms with Gasteiger partial charge in [-0.05, 0) is 49.2 Å². The predicted molar refractivity (Wildman–Crippen MR) is 95.3 cm³/mol. The second kappa shape index (κ2) is 8.18. The van der Waals surface area contributed by atoms with Gasteiger partial charge in [-0.3, -0.25) is 4.79 Å². The summed E-state index contributed by atoms with van der Waals surface area (Å²) in [6.45, 7) is 4.32. The predicted octanol–water partition coefficient (Wildman–Crippen LogP) is 3.31. The van der Waals surface area contributed by atoms with Crippen molar-refractivity contribution < 1.29 is 14.6 Å². The third-order valence-electron chi connectivity index (χ3n) is 3.69. The fraction of sp³-hybridized carbons (Fsp3) is 0.316. The van der Waals surface area contributed by atoms with Gasteiger partial charge in [0.25, 0.3) is 0 Å².